The van der Waals surface area contributed by atoms with Gasteiger partial charge < -0.3 is 5.32 Å². The maximum atomic E-state index is 11.6. The standard InChI is InChI=1S/C10H12BrN3O4S/c11-9-4-7(14(15)16)5-12-10(9)13-6-8-2-1-3-19(8,17)18/h4-5,8H,1-3,6H2,(H,12,13). The third kappa shape index (κ3) is 3.21. The Hall–Kier alpha value is -1.22. The Balaban J connectivity index is 2.06. The first-order valence-corrected chi connectivity index (χ1v) is 8.16. The van der Waals surface area contributed by atoms with Gasteiger partial charge in [-0.25, -0.2) is 13.4 Å². The van der Waals surface area contributed by atoms with Gasteiger partial charge >= 0.3 is 0 Å². The van der Waals surface area contributed by atoms with Crippen molar-refractivity contribution in [1.29, 1.82) is 0 Å². The fourth-order valence-electron chi connectivity index (χ4n) is 1.96. The number of hydrogen-bond donors (Lipinski definition) is 1. The average molecular weight is 350 g/mol. The second-order valence-electron chi connectivity index (χ2n) is 4.29. The van der Waals surface area contributed by atoms with Crippen molar-refractivity contribution in [2.24, 2.45) is 0 Å². The van der Waals surface area contributed by atoms with Crippen LogP contribution in [-0.4, -0.2) is 35.9 Å². The zero-order valence-corrected chi connectivity index (χ0v) is 12.3. The molecule has 19 heavy (non-hydrogen) atoms. The predicted molar refractivity (Wildman–Crippen MR) is 73.9 cm³/mol. The Morgan fingerprint density at radius 1 is 1.58 bits per heavy atom. The lowest BCUT2D eigenvalue weighted by atomic mass is 10.2. The molecule has 7 nitrogen and oxygen atoms in total. The zero-order chi connectivity index (χ0) is 14.0. The quantitative estimate of drug-likeness (QED) is 0.656. The van der Waals surface area contributed by atoms with Gasteiger partial charge in [0, 0.05) is 12.6 Å². The number of rotatable bonds is 4. The summed E-state index contributed by atoms with van der Waals surface area (Å²) < 4.78 is 23.7. The van der Waals surface area contributed by atoms with Crippen LogP contribution in [-0.2, 0) is 9.84 Å². The lowest BCUT2D eigenvalue weighted by molar-refractivity contribution is -0.385. The number of nitro groups is 1. The molecule has 0 amide bonds. The van der Waals surface area contributed by atoms with Crippen LogP contribution >= 0.6 is 15.9 Å². The van der Waals surface area contributed by atoms with E-state index in [9.17, 15) is 18.5 Å². The lowest BCUT2D eigenvalue weighted by Crippen LogP contribution is -2.25. The van der Waals surface area contributed by atoms with Crippen molar-refractivity contribution < 1.29 is 13.3 Å². The van der Waals surface area contributed by atoms with Crippen molar-refractivity contribution >= 4 is 37.3 Å². The molecule has 0 aliphatic carbocycles. The van der Waals surface area contributed by atoms with E-state index in [-0.39, 0.29) is 18.0 Å². The van der Waals surface area contributed by atoms with Gasteiger partial charge in [0.1, 0.15) is 12.0 Å². The van der Waals surface area contributed by atoms with Crippen LogP contribution in [0.2, 0.25) is 0 Å². The molecule has 0 saturated carbocycles. The molecule has 1 saturated heterocycles. The minimum Gasteiger partial charge on any atom is -0.368 e. The molecule has 1 atom stereocenters. The van der Waals surface area contributed by atoms with Gasteiger partial charge in [-0.2, -0.15) is 0 Å². The molecule has 1 aliphatic heterocycles. The lowest BCUT2D eigenvalue weighted by Gasteiger charge is -2.12. The van der Waals surface area contributed by atoms with Gasteiger partial charge in [0.2, 0.25) is 0 Å². The molecule has 1 N–H and O–H groups in total. The summed E-state index contributed by atoms with van der Waals surface area (Å²) in [6, 6.07) is 1.33. The Kier molecular flexibility index (Phi) is 4.04. The molecular formula is C10H12BrN3O4S. The summed E-state index contributed by atoms with van der Waals surface area (Å²) >= 11 is 3.17. The predicted octanol–water partition coefficient (Wildman–Crippen LogP) is 1.74. The van der Waals surface area contributed by atoms with Crippen LogP contribution in [0.15, 0.2) is 16.7 Å². The van der Waals surface area contributed by atoms with Crippen molar-refractivity contribution in [1.82, 2.24) is 4.98 Å². The maximum absolute atomic E-state index is 11.6. The summed E-state index contributed by atoms with van der Waals surface area (Å²) in [5, 5.41) is 13.1. The Labute approximate surface area is 118 Å². The molecule has 0 spiro atoms. The molecular weight excluding hydrogens is 338 g/mol. The summed E-state index contributed by atoms with van der Waals surface area (Å²) in [6.07, 6.45) is 2.46. The second kappa shape index (κ2) is 5.41. The smallest absolute Gasteiger partial charge is 0.288 e. The van der Waals surface area contributed by atoms with Crippen molar-refractivity contribution in [3.63, 3.8) is 0 Å². The number of nitrogens with one attached hydrogen (secondary N) is 1. The van der Waals surface area contributed by atoms with E-state index in [2.05, 4.69) is 26.2 Å². The first kappa shape index (κ1) is 14.2. The summed E-state index contributed by atoms with van der Waals surface area (Å²) in [5.41, 5.74) is -0.120. The first-order chi connectivity index (χ1) is 8.90. The van der Waals surface area contributed by atoms with E-state index < -0.39 is 20.0 Å². The fourth-order valence-corrected chi connectivity index (χ4v) is 4.20. The highest BCUT2D eigenvalue weighted by Crippen LogP contribution is 2.26. The van der Waals surface area contributed by atoms with E-state index in [4.69, 9.17) is 0 Å². The van der Waals surface area contributed by atoms with Crippen molar-refractivity contribution in [2.75, 3.05) is 17.6 Å². The molecule has 1 aromatic heterocycles. The van der Waals surface area contributed by atoms with E-state index in [0.29, 0.717) is 23.1 Å². The number of nitrogens with zero attached hydrogens (tertiary/aromatic N) is 2. The van der Waals surface area contributed by atoms with Gasteiger partial charge in [-0.3, -0.25) is 10.1 Å². The summed E-state index contributed by atoms with van der Waals surface area (Å²) in [5.74, 6) is 0.640. The Bertz CT molecular complexity index is 605. The number of halogens is 1. The monoisotopic (exact) mass is 349 g/mol. The van der Waals surface area contributed by atoms with Crippen molar-refractivity contribution in [3.05, 3.63) is 26.9 Å². The number of pyridine rings is 1. The van der Waals surface area contributed by atoms with Crippen LogP contribution in [0.4, 0.5) is 11.5 Å². The van der Waals surface area contributed by atoms with Crippen LogP contribution in [0.3, 0.4) is 0 Å². The zero-order valence-electron chi connectivity index (χ0n) is 9.87. The second-order valence-corrected chi connectivity index (χ2v) is 7.55. The molecule has 1 aliphatic rings. The number of aromatic nitrogens is 1. The number of sulfone groups is 1. The van der Waals surface area contributed by atoms with Gasteiger partial charge in [-0.1, -0.05) is 0 Å². The molecule has 9 heteroatoms. The largest absolute Gasteiger partial charge is 0.368 e. The molecule has 1 aromatic rings. The van der Waals surface area contributed by atoms with Gasteiger partial charge in [-0.15, -0.1) is 0 Å². The molecule has 104 valence electrons. The first-order valence-electron chi connectivity index (χ1n) is 5.65. The molecule has 0 aromatic carbocycles. The summed E-state index contributed by atoms with van der Waals surface area (Å²) in [6.45, 7) is 0.270. The maximum Gasteiger partial charge on any atom is 0.288 e. The molecule has 1 fully saturated rings. The number of anilines is 1. The highest BCUT2D eigenvalue weighted by Gasteiger charge is 2.31. The normalized spacial score (nSPS) is 21.2. The number of hydrogen-bond acceptors (Lipinski definition) is 6. The minimum absolute atomic E-state index is 0.120. The van der Waals surface area contributed by atoms with Crippen molar-refractivity contribution in [3.8, 4) is 0 Å². The highest BCUT2D eigenvalue weighted by molar-refractivity contribution is 9.10. The minimum atomic E-state index is -3.01. The Morgan fingerprint density at radius 3 is 2.84 bits per heavy atom. The average Bonchev–Trinajstić information content (AvgIpc) is 2.66. The van der Waals surface area contributed by atoms with Gasteiger partial charge in [-0.05, 0) is 28.8 Å². The fraction of sp³-hybridized carbons (Fsp3) is 0.500. The SMILES string of the molecule is O=[N+]([O-])c1cnc(NCC2CCCS2(=O)=O)c(Br)c1. The Morgan fingerprint density at radius 2 is 2.32 bits per heavy atom. The highest BCUT2D eigenvalue weighted by atomic mass is 79.9. The van der Waals surface area contributed by atoms with E-state index in [1.54, 1.807) is 0 Å². The van der Waals surface area contributed by atoms with E-state index in [0.717, 1.165) is 6.20 Å². The third-order valence-corrected chi connectivity index (χ3v) is 5.88. The molecule has 0 radical (unpaired) electrons. The van der Waals surface area contributed by atoms with E-state index in [1.165, 1.54) is 6.07 Å². The van der Waals surface area contributed by atoms with Gasteiger partial charge in [0.25, 0.3) is 5.69 Å². The van der Waals surface area contributed by atoms with Crippen LogP contribution in [0.1, 0.15) is 12.8 Å². The summed E-state index contributed by atoms with van der Waals surface area (Å²) in [4.78, 5) is 13.9. The van der Waals surface area contributed by atoms with Crippen LogP contribution < -0.4 is 5.32 Å². The van der Waals surface area contributed by atoms with Crippen LogP contribution in [0, 0.1) is 10.1 Å². The topological polar surface area (TPSA) is 102 Å². The third-order valence-electron chi connectivity index (χ3n) is 3.00. The molecule has 2 heterocycles. The van der Waals surface area contributed by atoms with Gasteiger partial charge in [0.15, 0.2) is 9.84 Å². The van der Waals surface area contributed by atoms with E-state index in [1.807, 2.05) is 0 Å². The van der Waals surface area contributed by atoms with Crippen LogP contribution in [0.5, 0.6) is 0 Å². The van der Waals surface area contributed by atoms with Crippen LogP contribution in [0.25, 0.3) is 0 Å². The molecule has 1 unspecified atom stereocenters. The van der Waals surface area contributed by atoms with E-state index >= 15 is 0 Å². The van der Waals surface area contributed by atoms with Gasteiger partial charge in [0.05, 0.1) is 20.4 Å². The van der Waals surface area contributed by atoms with Crippen molar-refractivity contribution in [2.45, 2.75) is 18.1 Å². The summed E-state index contributed by atoms with van der Waals surface area (Å²) in [7, 11) is -3.01. The molecule has 0 bridgehead atoms. The molecule has 2 rings (SSSR count).